The van der Waals surface area contributed by atoms with Crippen molar-refractivity contribution < 1.29 is 14.2 Å². The molecule has 0 saturated heterocycles. The van der Waals surface area contributed by atoms with Gasteiger partial charge in [0.1, 0.15) is 0 Å². The molecule has 0 aliphatic rings. The van der Waals surface area contributed by atoms with Crippen LogP contribution >= 0.6 is 15.9 Å². The van der Waals surface area contributed by atoms with Crippen LogP contribution in [0.2, 0.25) is 0 Å². The molecule has 1 aromatic rings. The molecule has 0 saturated carbocycles. The second-order valence-electron chi connectivity index (χ2n) is 3.76. The van der Waals surface area contributed by atoms with E-state index in [0.29, 0.717) is 11.1 Å². The predicted octanol–water partition coefficient (Wildman–Crippen LogP) is 3.21. The highest BCUT2D eigenvalue weighted by Crippen LogP contribution is 2.32. The van der Waals surface area contributed by atoms with Gasteiger partial charge in [0.25, 0.3) is 0 Å². The van der Waals surface area contributed by atoms with Gasteiger partial charge in [0.2, 0.25) is 0 Å². The van der Waals surface area contributed by atoms with Crippen LogP contribution in [0.25, 0.3) is 0 Å². The van der Waals surface area contributed by atoms with Crippen molar-refractivity contribution in [1.82, 2.24) is 0 Å². The number of hydrogen-bond donors (Lipinski definition) is 1. The monoisotopic (exact) mass is 276 g/mol. The van der Waals surface area contributed by atoms with E-state index in [4.69, 9.17) is 4.74 Å². The van der Waals surface area contributed by atoms with Crippen molar-refractivity contribution in [2.75, 3.05) is 6.61 Å². The lowest BCUT2D eigenvalue weighted by molar-refractivity contribution is 0.0737. The van der Waals surface area contributed by atoms with Gasteiger partial charge in [-0.05, 0) is 32.9 Å². The van der Waals surface area contributed by atoms with E-state index < -0.39 is 11.4 Å². The maximum atomic E-state index is 13.8. The topological polar surface area (TPSA) is 29.5 Å². The van der Waals surface area contributed by atoms with Crippen molar-refractivity contribution in [2.24, 2.45) is 0 Å². The maximum Gasteiger partial charge on any atom is 0.171 e. The largest absolute Gasteiger partial charge is 0.491 e. The molecule has 84 valence electrons. The zero-order chi connectivity index (χ0) is 11.6. The molecule has 0 aliphatic heterocycles. The van der Waals surface area contributed by atoms with Crippen LogP contribution in [-0.4, -0.2) is 11.7 Å². The molecule has 0 amide bonds. The lowest BCUT2D eigenvalue weighted by Gasteiger charge is -2.20. The van der Waals surface area contributed by atoms with E-state index in [9.17, 15) is 9.50 Å². The van der Waals surface area contributed by atoms with Crippen LogP contribution in [0.4, 0.5) is 4.39 Å². The van der Waals surface area contributed by atoms with Crippen LogP contribution in [0.1, 0.15) is 26.3 Å². The first kappa shape index (κ1) is 12.5. The number of hydrogen-bond acceptors (Lipinski definition) is 2. The highest BCUT2D eigenvalue weighted by molar-refractivity contribution is 9.10. The molecule has 1 aromatic carbocycles. The van der Waals surface area contributed by atoms with Gasteiger partial charge in [-0.3, -0.25) is 0 Å². The first-order valence-corrected chi connectivity index (χ1v) is 5.50. The Morgan fingerprint density at radius 1 is 1.47 bits per heavy atom. The Kier molecular flexibility index (Phi) is 3.73. The van der Waals surface area contributed by atoms with Gasteiger partial charge >= 0.3 is 0 Å². The van der Waals surface area contributed by atoms with Crippen molar-refractivity contribution in [3.8, 4) is 5.75 Å². The molecule has 4 heteroatoms. The van der Waals surface area contributed by atoms with Gasteiger partial charge in [0.05, 0.1) is 12.2 Å². The molecule has 0 fully saturated rings. The Hall–Kier alpha value is -0.610. The minimum absolute atomic E-state index is 0.156. The van der Waals surface area contributed by atoms with E-state index in [1.807, 2.05) is 0 Å². The Labute approximate surface area is 97.2 Å². The van der Waals surface area contributed by atoms with Crippen LogP contribution in [0.5, 0.6) is 5.75 Å². The molecule has 1 N–H and O–H groups in total. The third-order valence-electron chi connectivity index (χ3n) is 1.96. The minimum atomic E-state index is -1.22. The fourth-order valence-electron chi connectivity index (χ4n) is 1.27. The zero-order valence-electron chi connectivity index (χ0n) is 8.97. The maximum absolute atomic E-state index is 13.8. The van der Waals surface area contributed by atoms with Gasteiger partial charge in [-0.1, -0.05) is 15.9 Å². The number of aliphatic hydroxyl groups is 1. The average molecular weight is 277 g/mol. The molecule has 2 nitrogen and oxygen atoms in total. The van der Waals surface area contributed by atoms with Gasteiger partial charge in [0, 0.05) is 10.0 Å². The normalized spacial score (nSPS) is 11.6. The molecule has 0 aliphatic carbocycles. The lowest BCUT2D eigenvalue weighted by atomic mass is 9.97. The van der Waals surface area contributed by atoms with Gasteiger partial charge < -0.3 is 9.84 Å². The van der Waals surface area contributed by atoms with Crippen LogP contribution in [0, 0.1) is 5.82 Å². The first-order chi connectivity index (χ1) is 6.86. The molecule has 0 radical (unpaired) electrons. The Morgan fingerprint density at radius 3 is 2.53 bits per heavy atom. The summed E-state index contributed by atoms with van der Waals surface area (Å²) in [5.74, 6) is -0.350. The molecule has 0 atom stereocenters. The number of ether oxygens (including phenoxy) is 1. The standard InChI is InChI=1S/C11H14BrFO2/c1-4-15-9-6-7(12)5-8(10(9)13)11(2,3)14/h5-6,14H,4H2,1-3H3. The second kappa shape index (κ2) is 4.49. The number of halogens is 2. The van der Waals surface area contributed by atoms with Crippen molar-refractivity contribution in [1.29, 1.82) is 0 Å². The van der Waals surface area contributed by atoms with E-state index in [2.05, 4.69) is 15.9 Å². The summed E-state index contributed by atoms with van der Waals surface area (Å²) in [4.78, 5) is 0. The Balaban J connectivity index is 3.28. The summed E-state index contributed by atoms with van der Waals surface area (Å²) in [5, 5.41) is 9.77. The Morgan fingerprint density at radius 2 is 2.07 bits per heavy atom. The smallest absolute Gasteiger partial charge is 0.171 e. The van der Waals surface area contributed by atoms with Gasteiger partial charge in [0.15, 0.2) is 11.6 Å². The number of benzene rings is 1. The quantitative estimate of drug-likeness (QED) is 0.919. The molecular formula is C11H14BrFO2. The fraction of sp³-hybridized carbons (Fsp3) is 0.455. The Bertz CT molecular complexity index is 358. The van der Waals surface area contributed by atoms with E-state index in [1.54, 1.807) is 19.1 Å². The van der Waals surface area contributed by atoms with Gasteiger partial charge in [-0.25, -0.2) is 4.39 Å². The highest BCUT2D eigenvalue weighted by atomic mass is 79.9. The van der Waals surface area contributed by atoms with Crippen molar-refractivity contribution >= 4 is 15.9 Å². The van der Waals surface area contributed by atoms with Crippen LogP contribution in [-0.2, 0) is 5.60 Å². The van der Waals surface area contributed by atoms with E-state index >= 15 is 0 Å². The first-order valence-electron chi connectivity index (χ1n) is 4.71. The SMILES string of the molecule is CCOc1cc(Br)cc(C(C)(C)O)c1F. The van der Waals surface area contributed by atoms with Crippen molar-refractivity contribution in [3.05, 3.63) is 28.0 Å². The third-order valence-corrected chi connectivity index (χ3v) is 2.42. The van der Waals surface area contributed by atoms with Crippen LogP contribution in [0.3, 0.4) is 0 Å². The molecule has 0 unspecified atom stereocenters. The molecule has 0 aromatic heterocycles. The van der Waals surface area contributed by atoms with Gasteiger partial charge in [-0.2, -0.15) is 0 Å². The summed E-state index contributed by atoms with van der Waals surface area (Å²) in [5.41, 5.74) is -1.000. The highest BCUT2D eigenvalue weighted by Gasteiger charge is 2.23. The third kappa shape index (κ3) is 2.92. The summed E-state index contributed by atoms with van der Waals surface area (Å²) in [6.07, 6.45) is 0. The van der Waals surface area contributed by atoms with Crippen LogP contribution in [0.15, 0.2) is 16.6 Å². The van der Waals surface area contributed by atoms with Crippen molar-refractivity contribution in [3.63, 3.8) is 0 Å². The van der Waals surface area contributed by atoms with Crippen molar-refractivity contribution in [2.45, 2.75) is 26.4 Å². The molecule has 0 spiro atoms. The zero-order valence-corrected chi connectivity index (χ0v) is 10.6. The second-order valence-corrected chi connectivity index (χ2v) is 4.67. The van der Waals surface area contributed by atoms with E-state index in [0.717, 1.165) is 0 Å². The molecule has 1 rings (SSSR count). The molecule has 0 heterocycles. The summed E-state index contributed by atoms with van der Waals surface area (Å²) >= 11 is 3.25. The van der Waals surface area contributed by atoms with E-state index in [-0.39, 0.29) is 11.3 Å². The summed E-state index contributed by atoms with van der Waals surface area (Å²) in [6, 6.07) is 3.10. The van der Waals surface area contributed by atoms with Gasteiger partial charge in [-0.15, -0.1) is 0 Å². The fourth-order valence-corrected chi connectivity index (χ4v) is 1.71. The number of rotatable bonds is 3. The molecular weight excluding hydrogens is 263 g/mol. The van der Waals surface area contributed by atoms with Crippen LogP contribution < -0.4 is 4.74 Å². The van der Waals surface area contributed by atoms with E-state index in [1.165, 1.54) is 13.8 Å². The summed E-state index contributed by atoms with van der Waals surface area (Å²) in [7, 11) is 0. The summed E-state index contributed by atoms with van der Waals surface area (Å²) in [6.45, 7) is 5.24. The minimum Gasteiger partial charge on any atom is -0.491 e. The molecule has 15 heavy (non-hydrogen) atoms. The average Bonchev–Trinajstić information content (AvgIpc) is 2.09. The molecule has 0 bridgehead atoms. The lowest BCUT2D eigenvalue weighted by Crippen LogP contribution is -2.18. The predicted molar refractivity (Wildman–Crippen MR) is 60.5 cm³/mol. The summed E-state index contributed by atoms with van der Waals surface area (Å²) < 4.78 is 19.7.